The Balaban J connectivity index is 2.31. The molecule has 4 rings (SSSR count). The van der Waals surface area contributed by atoms with E-state index in [1.165, 1.54) is 12.3 Å². The fourth-order valence-corrected chi connectivity index (χ4v) is 2.78. The van der Waals surface area contributed by atoms with E-state index in [2.05, 4.69) is 9.97 Å². The molecule has 2 heterocycles. The molecule has 108 valence electrons. The number of hydrogen-bond donors (Lipinski definition) is 0. The topological polar surface area (TPSA) is 25.8 Å². The Kier molecular flexibility index (Phi) is 2.60. The molecular weight excluding hydrogens is 289 g/mol. The van der Waals surface area contributed by atoms with E-state index in [1.54, 1.807) is 42.5 Å². The molecule has 0 N–H and O–H groups in total. The van der Waals surface area contributed by atoms with Crippen LogP contribution in [-0.4, -0.2) is 9.97 Å². The lowest BCUT2D eigenvalue weighted by Gasteiger charge is -2.14. The molecule has 0 unspecified atom stereocenters. The summed E-state index contributed by atoms with van der Waals surface area (Å²) in [5.74, 6) is 0. The lowest BCUT2D eigenvalue weighted by molar-refractivity contribution is -0.135. The molecule has 22 heavy (non-hydrogen) atoms. The third kappa shape index (κ3) is 1.82. The Morgan fingerprint density at radius 2 is 1.36 bits per heavy atom. The van der Waals surface area contributed by atoms with Crippen molar-refractivity contribution in [1.82, 2.24) is 9.97 Å². The highest BCUT2D eigenvalue weighted by atomic mass is 19.4. The fourth-order valence-electron chi connectivity index (χ4n) is 2.78. The summed E-state index contributed by atoms with van der Waals surface area (Å²) in [4.78, 5) is 8.59. The average Bonchev–Trinajstić information content (AvgIpc) is 2.51. The minimum atomic E-state index is -4.47. The van der Waals surface area contributed by atoms with Gasteiger partial charge in [-0.3, -0.25) is 4.98 Å². The summed E-state index contributed by atoms with van der Waals surface area (Å²) in [6.45, 7) is 0. The van der Waals surface area contributed by atoms with E-state index in [9.17, 15) is 13.2 Å². The van der Waals surface area contributed by atoms with Crippen LogP contribution in [0, 0.1) is 0 Å². The number of rotatable bonds is 0. The van der Waals surface area contributed by atoms with Crippen LogP contribution in [0.5, 0.6) is 0 Å². The maximum Gasteiger partial charge on any atom is 0.417 e. The van der Waals surface area contributed by atoms with Crippen molar-refractivity contribution in [2.45, 2.75) is 6.18 Å². The predicted molar refractivity (Wildman–Crippen MR) is 79.6 cm³/mol. The van der Waals surface area contributed by atoms with E-state index in [1.807, 2.05) is 0 Å². The Morgan fingerprint density at radius 1 is 0.727 bits per heavy atom. The number of nitrogens with zero attached hydrogens (tertiary/aromatic N) is 2. The van der Waals surface area contributed by atoms with Crippen molar-refractivity contribution in [3.8, 4) is 0 Å². The number of halogens is 3. The van der Waals surface area contributed by atoms with E-state index in [0.29, 0.717) is 21.9 Å². The Labute approximate surface area is 123 Å². The third-order valence-corrected chi connectivity index (χ3v) is 3.71. The lowest BCUT2D eigenvalue weighted by Crippen LogP contribution is -2.08. The van der Waals surface area contributed by atoms with Crippen molar-refractivity contribution < 1.29 is 13.2 Å². The van der Waals surface area contributed by atoms with Gasteiger partial charge in [-0.05, 0) is 12.1 Å². The first-order chi connectivity index (χ1) is 10.6. The summed E-state index contributed by atoms with van der Waals surface area (Å²) in [5.41, 5.74) is 0.618. The van der Waals surface area contributed by atoms with Gasteiger partial charge in [0.15, 0.2) is 0 Å². The molecule has 0 saturated carbocycles. The normalized spacial score (nSPS) is 12.3. The maximum atomic E-state index is 13.6. The van der Waals surface area contributed by atoms with Gasteiger partial charge in [-0.1, -0.05) is 36.4 Å². The van der Waals surface area contributed by atoms with Crippen LogP contribution in [0.15, 0.2) is 54.7 Å². The van der Waals surface area contributed by atoms with Gasteiger partial charge in [-0.2, -0.15) is 13.2 Å². The van der Waals surface area contributed by atoms with Crippen LogP contribution in [0.1, 0.15) is 5.56 Å². The van der Waals surface area contributed by atoms with E-state index in [4.69, 9.17) is 0 Å². The zero-order chi connectivity index (χ0) is 15.3. The highest BCUT2D eigenvalue weighted by molar-refractivity contribution is 6.09. The van der Waals surface area contributed by atoms with Crippen molar-refractivity contribution in [3.05, 3.63) is 60.3 Å². The molecule has 2 nitrogen and oxygen atoms in total. The molecule has 0 atom stereocenters. The quantitative estimate of drug-likeness (QED) is 0.339. The maximum absolute atomic E-state index is 13.6. The lowest BCUT2D eigenvalue weighted by atomic mass is 10.0. The molecule has 0 aliphatic heterocycles. The number of para-hydroxylation sites is 2. The van der Waals surface area contributed by atoms with Crippen molar-refractivity contribution in [2.75, 3.05) is 0 Å². The average molecular weight is 298 g/mol. The highest BCUT2D eigenvalue weighted by Crippen LogP contribution is 2.40. The van der Waals surface area contributed by atoms with Crippen LogP contribution >= 0.6 is 0 Å². The van der Waals surface area contributed by atoms with Crippen molar-refractivity contribution in [3.63, 3.8) is 0 Å². The minimum absolute atomic E-state index is 0.0323. The molecule has 0 radical (unpaired) electrons. The van der Waals surface area contributed by atoms with Crippen LogP contribution in [0.3, 0.4) is 0 Å². The zero-order valence-electron chi connectivity index (χ0n) is 11.2. The van der Waals surface area contributed by atoms with Crippen molar-refractivity contribution >= 4 is 32.7 Å². The molecule has 0 saturated heterocycles. The monoisotopic (exact) mass is 298 g/mol. The van der Waals surface area contributed by atoms with Gasteiger partial charge in [0.25, 0.3) is 0 Å². The summed E-state index contributed by atoms with van der Waals surface area (Å²) in [6, 6.07) is 13.4. The Hall–Kier alpha value is -2.69. The molecule has 0 spiro atoms. The van der Waals surface area contributed by atoms with Gasteiger partial charge in [0.1, 0.15) is 0 Å². The second-order valence-corrected chi connectivity index (χ2v) is 5.04. The SMILES string of the molecule is FC(F)(F)c1c2ccccc2nc2c1cnc1ccccc12. The Bertz CT molecular complexity index is 1020. The summed E-state index contributed by atoms with van der Waals surface area (Å²) < 4.78 is 40.8. The van der Waals surface area contributed by atoms with Crippen LogP contribution in [0.4, 0.5) is 13.2 Å². The van der Waals surface area contributed by atoms with Crippen LogP contribution in [-0.2, 0) is 6.18 Å². The summed E-state index contributed by atoms with van der Waals surface area (Å²) >= 11 is 0. The fraction of sp³-hybridized carbons (Fsp3) is 0.0588. The smallest absolute Gasteiger partial charge is 0.255 e. The molecule has 4 aromatic rings. The molecule has 5 heteroatoms. The molecule has 0 bridgehead atoms. The van der Waals surface area contributed by atoms with E-state index in [0.717, 1.165) is 0 Å². The Morgan fingerprint density at radius 3 is 2.09 bits per heavy atom. The first kappa shape index (κ1) is 13.0. The molecule has 0 amide bonds. The van der Waals surface area contributed by atoms with Crippen molar-refractivity contribution in [2.24, 2.45) is 0 Å². The summed E-state index contributed by atoms with van der Waals surface area (Å²) in [7, 11) is 0. The number of fused-ring (bicyclic) bond motifs is 4. The van der Waals surface area contributed by atoms with Crippen molar-refractivity contribution in [1.29, 1.82) is 0 Å². The van der Waals surface area contributed by atoms with E-state index in [-0.39, 0.29) is 10.8 Å². The molecule has 0 aliphatic rings. The minimum Gasteiger partial charge on any atom is -0.255 e. The van der Waals surface area contributed by atoms with Gasteiger partial charge in [0.05, 0.1) is 22.1 Å². The summed E-state index contributed by atoms with van der Waals surface area (Å²) in [6.07, 6.45) is -3.20. The van der Waals surface area contributed by atoms with Gasteiger partial charge in [0, 0.05) is 22.4 Å². The van der Waals surface area contributed by atoms with Crippen LogP contribution in [0.25, 0.3) is 32.7 Å². The molecule has 0 fully saturated rings. The molecule has 2 aromatic carbocycles. The number of aromatic nitrogens is 2. The van der Waals surface area contributed by atoms with Gasteiger partial charge in [-0.15, -0.1) is 0 Å². The van der Waals surface area contributed by atoms with Crippen LogP contribution in [0.2, 0.25) is 0 Å². The zero-order valence-corrected chi connectivity index (χ0v) is 11.2. The van der Waals surface area contributed by atoms with Gasteiger partial charge in [0.2, 0.25) is 0 Å². The number of alkyl halides is 3. The van der Waals surface area contributed by atoms with E-state index < -0.39 is 11.7 Å². The molecule has 0 aliphatic carbocycles. The van der Waals surface area contributed by atoms with Gasteiger partial charge >= 0.3 is 6.18 Å². The summed E-state index contributed by atoms with van der Waals surface area (Å²) in [5, 5.41) is 0.751. The first-order valence-electron chi connectivity index (χ1n) is 6.69. The van der Waals surface area contributed by atoms with Crippen LogP contribution < -0.4 is 0 Å². The standard InChI is InChI=1S/C17H9F3N2/c18-17(19,20)15-10-5-1-4-8-14(10)22-16-11-6-2-3-7-13(11)21-9-12(15)16/h1-9H. The second-order valence-electron chi connectivity index (χ2n) is 5.04. The van der Waals surface area contributed by atoms with Gasteiger partial charge in [-0.25, -0.2) is 4.98 Å². The van der Waals surface area contributed by atoms with Gasteiger partial charge < -0.3 is 0 Å². The highest BCUT2D eigenvalue weighted by Gasteiger charge is 2.35. The van der Waals surface area contributed by atoms with E-state index >= 15 is 0 Å². The predicted octanol–water partition coefficient (Wildman–Crippen LogP) is 4.96. The largest absolute Gasteiger partial charge is 0.417 e. The number of benzene rings is 2. The second kappa shape index (κ2) is 4.40. The third-order valence-electron chi connectivity index (χ3n) is 3.71. The molecule has 2 aromatic heterocycles. The first-order valence-corrected chi connectivity index (χ1v) is 6.69. The number of pyridine rings is 2. The molecular formula is C17H9F3N2. The number of hydrogen-bond acceptors (Lipinski definition) is 2.